The molecule has 2 rings (SSSR count). The van der Waals surface area contributed by atoms with E-state index in [9.17, 15) is 29.1 Å². The summed E-state index contributed by atoms with van der Waals surface area (Å²) in [5, 5.41) is 18.5. The zero-order chi connectivity index (χ0) is 21.0. The Hall–Kier alpha value is -4.01. The standard InChI is InChI=1S/C19H14O9/c1-27-18(25)10-4-5-11(13(8-10)17(23)24)15(20)9-3-6-12(16(21)22)14(7-9)19(26)28-2/h3-8H,1-2H3,(H,21,22)(H,23,24). The lowest BCUT2D eigenvalue weighted by molar-refractivity contribution is 0.0581. The fraction of sp³-hybridized carbons (Fsp3) is 0.105. The van der Waals surface area contributed by atoms with Crippen LogP contribution in [0.1, 0.15) is 57.4 Å². The van der Waals surface area contributed by atoms with Gasteiger partial charge in [-0.2, -0.15) is 0 Å². The van der Waals surface area contributed by atoms with E-state index in [4.69, 9.17) is 5.11 Å². The highest BCUT2D eigenvalue weighted by Gasteiger charge is 2.24. The van der Waals surface area contributed by atoms with Crippen LogP contribution < -0.4 is 0 Å². The van der Waals surface area contributed by atoms with Gasteiger partial charge in [0.15, 0.2) is 5.78 Å². The van der Waals surface area contributed by atoms with Gasteiger partial charge in [0.25, 0.3) is 0 Å². The van der Waals surface area contributed by atoms with E-state index in [-0.39, 0.29) is 27.8 Å². The van der Waals surface area contributed by atoms with Crippen molar-refractivity contribution in [1.82, 2.24) is 0 Å². The summed E-state index contributed by atoms with van der Waals surface area (Å²) in [4.78, 5) is 59.0. The highest BCUT2D eigenvalue weighted by atomic mass is 16.5. The van der Waals surface area contributed by atoms with E-state index in [1.807, 2.05) is 0 Å². The molecule has 0 atom stereocenters. The Bertz CT molecular complexity index is 1000. The molecule has 0 amide bonds. The minimum Gasteiger partial charge on any atom is -0.478 e. The molecular weight excluding hydrogens is 372 g/mol. The third-order valence-corrected chi connectivity index (χ3v) is 3.83. The van der Waals surface area contributed by atoms with Gasteiger partial charge in [-0.15, -0.1) is 0 Å². The summed E-state index contributed by atoms with van der Waals surface area (Å²) in [6, 6.07) is 6.56. The van der Waals surface area contributed by atoms with Crippen LogP contribution in [0.25, 0.3) is 0 Å². The van der Waals surface area contributed by atoms with E-state index in [0.717, 1.165) is 44.6 Å². The minimum atomic E-state index is -1.45. The molecule has 0 aliphatic carbocycles. The number of hydrogen-bond donors (Lipinski definition) is 2. The molecule has 28 heavy (non-hydrogen) atoms. The van der Waals surface area contributed by atoms with Crippen molar-refractivity contribution in [3.8, 4) is 0 Å². The molecule has 2 aromatic rings. The zero-order valence-electron chi connectivity index (χ0n) is 14.7. The number of methoxy groups -OCH3 is 2. The van der Waals surface area contributed by atoms with E-state index < -0.39 is 35.2 Å². The predicted molar refractivity (Wildman–Crippen MR) is 92.9 cm³/mol. The largest absolute Gasteiger partial charge is 0.478 e. The lowest BCUT2D eigenvalue weighted by atomic mass is 9.94. The van der Waals surface area contributed by atoms with Gasteiger partial charge in [-0.3, -0.25) is 4.79 Å². The number of hydrogen-bond acceptors (Lipinski definition) is 7. The number of carbonyl (C=O) groups excluding carboxylic acids is 3. The van der Waals surface area contributed by atoms with Gasteiger partial charge in [0.1, 0.15) is 0 Å². The molecule has 9 heteroatoms. The van der Waals surface area contributed by atoms with Crippen LogP contribution in [0.3, 0.4) is 0 Å². The number of benzene rings is 2. The summed E-state index contributed by atoms with van der Waals surface area (Å²) in [5.41, 5.74) is -1.62. The smallest absolute Gasteiger partial charge is 0.338 e. The molecule has 0 bridgehead atoms. The van der Waals surface area contributed by atoms with Crippen molar-refractivity contribution < 1.29 is 43.7 Å². The molecule has 0 fully saturated rings. The maximum absolute atomic E-state index is 12.8. The molecule has 0 aliphatic rings. The Morgan fingerprint density at radius 2 is 1.14 bits per heavy atom. The SMILES string of the molecule is COC(=O)c1ccc(C(=O)c2ccc(C(=O)O)c(C(=O)OC)c2)c(C(=O)O)c1. The molecule has 2 N–H and O–H groups in total. The fourth-order valence-electron chi connectivity index (χ4n) is 2.47. The first-order chi connectivity index (χ1) is 13.2. The van der Waals surface area contributed by atoms with Gasteiger partial charge < -0.3 is 19.7 Å². The average Bonchev–Trinajstić information content (AvgIpc) is 2.70. The van der Waals surface area contributed by atoms with Crippen LogP contribution >= 0.6 is 0 Å². The van der Waals surface area contributed by atoms with E-state index in [2.05, 4.69) is 9.47 Å². The Morgan fingerprint density at radius 1 is 0.643 bits per heavy atom. The van der Waals surface area contributed by atoms with E-state index in [1.54, 1.807) is 0 Å². The normalized spacial score (nSPS) is 10.1. The Labute approximate surface area is 158 Å². The number of carboxylic acid groups (broad SMARTS) is 2. The molecular formula is C19H14O9. The Balaban J connectivity index is 2.60. The van der Waals surface area contributed by atoms with Crippen LogP contribution in [0.2, 0.25) is 0 Å². The maximum Gasteiger partial charge on any atom is 0.338 e. The van der Waals surface area contributed by atoms with Gasteiger partial charge in [0, 0.05) is 11.1 Å². The highest BCUT2D eigenvalue weighted by molar-refractivity contribution is 6.16. The topological polar surface area (TPSA) is 144 Å². The van der Waals surface area contributed by atoms with Crippen molar-refractivity contribution in [2.24, 2.45) is 0 Å². The monoisotopic (exact) mass is 386 g/mol. The van der Waals surface area contributed by atoms with Crippen molar-refractivity contribution in [3.05, 3.63) is 69.8 Å². The molecule has 0 aromatic heterocycles. The molecule has 0 saturated heterocycles. The summed E-state index contributed by atoms with van der Waals surface area (Å²) in [6.07, 6.45) is 0. The van der Waals surface area contributed by atoms with Gasteiger partial charge >= 0.3 is 23.9 Å². The third kappa shape index (κ3) is 3.88. The highest BCUT2D eigenvalue weighted by Crippen LogP contribution is 2.21. The number of ether oxygens (including phenoxy) is 2. The lowest BCUT2D eigenvalue weighted by Crippen LogP contribution is -2.15. The second kappa shape index (κ2) is 8.12. The first-order valence-electron chi connectivity index (χ1n) is 7.67. The summed E-state index contributed by atoms with van der Waals surface area (Å²) < 4.78 is 9.05. The molecule has 0 saturated carbocycles. The number of carboxylic acids is 2. The van der Waals surface area contributed by atoms with Crippen LogP contribution in [-0.2, 0) is 9.47 Å². The first kappa shape index (κ1) is 20.3. The molecule has 9 nitrogen and oxygen atoms in total. The Kier molecular flexibility index (Phi) is 5.89. The van der Waals surface area contributed by atoms with Crippen LogP contribution in [0.4, 0.5) is 0 Å². The summed E-state index contributed by atoms with van der Waals surface area (Å²) in [7, 11) is 2.18. The zero-order valence-corrected chi connectivity index (χ0v) is 14.7. The Morgan fingerprint density at radius 3 is 1.68 bits per heavy atom. The van der Waals surface area contributed by atoms with Crippen molar-refractivity contribution >= 4 is 29.7 Å². The van der Waals surface area contributed by atoms with Gasteiger partial charge in [0.2, 0.25) is 0 Å². The van der Waals surface area contributed by atoms with Gasteiger partial charge in [-0.05, 0) is 30.3 Å². The van der Waals surface area contributed by atoms with Gasteiger partial charge in [-0.25, -0.2) is 19.2 Å². The van der Waals surface area contributed by atoms with Crippen LogP contribution in [0, 0.1) is 0 Å². The number of ketones is 1. The van der Waals surface area contributed by atoms with Crippen molar-refractivity contribution in [2.75, 3.05) is 14.2 Å². The van der Waals surface area contributed by atoms with E-state index in [1.165, 1.54) is 6.07 Å². The number of carbonyl (C=O) groups is 5. The van der Waals surface area contributed by atoms with Crippen molar-refractivity contribution in [3.63, 3.8) is 0 Å². The predicted octanol–water partition coefficient (Wildman–Crippen LogP) is 1.89. The maximum atomic E-state index is 12.8. The van der Waals surface area contributed by atoms with E-state index in [0.29, 0.717) is 0 Å². The number of rotatable bonds is 6. The lowest BCUT2D eigenvalue weighted by Gasteiger charge is -2.10. The van der Waals surface area contributed by atoms with Crippen molar-refractivity contribution in [2.45, 2.75) is 0 Å². The average molecular weight is 386 g/mol. The molecule has 0 unspecified atom stereocenters. The van der Waals surface area contributed by atoms with Crippen LogP contribution in [0.5, 0.6) is 0 Å². The third-order valence-electron chi connectivity index (χ3n) is 3.83. The minimum absolute atomic E-state index is 0.0621. The number of aromatic carboxylic acids is 2. The van der Waals surface area contributed by atoms with Crippen molar-refractivity contribution in [1.29, 1.82) is 0 Å². The second-order valence-electron chi connectivity index (χ2n) is 5.44. The second-order valence-corrected chi connectivity index (χ2v) is 5.44. The van der Waals surface area contributed by atoms with Crippen LogP contribution in [-0.4, -0.2) is 54.1 Å². The first-order valence-corrected chi connectivity index (χ1v) is 7.67. The molecule has 0 heterocycles. The molecule has 2 aromatic carbocycles. The number of esters is 2. The molecule has 0 aliphatic heterocycles. The quantitative estimate of drug-likeness (QED) is 0.561. The summed E-state index contributed by atoms with van der Waals surface area (Å²) >= 11 is 0. The molecule has 0 radical (unpaired) electrons. The molecule has 0 spiro atoms. The van der Waals surface area contributed by atoms with Gasteiger partial charge in [0.05, 0.1) is 36.5 Å². The summed E-state index contributed by atoms with van der Waals surface area (Å²) in [6.45, 7) is 0. The van der Waals surface area contributed by atoms with Gasteiger partial charge in [-0.1, -0.05) is 6.07 Å². The summed E-state index contributed by atoms with van der Waals surface area (Å²) in [5.74, 6) is -5.37. The van der Waals surface area contributed by atoms with E-state index >= 15 is 0 Å². The fourth-order valence-corrected chi connectivity index (χ4v) is 2.47. The van der Waals surface area contributed by atoms with Crippen LogP contribution in [0.15, 0.2) is 36.4 Å². The molecule has 144 valence electrons.